The third-order valence-electron chi connectivity index (χ3n) is 2.89. The largest absolute Gasteiger partial charge is 0.373 e. The number of rotatable bonds is 6. The minimum Gasteiger partial charge on any atom is -0.373 e. The molecule has 0 spiro atoms. The SMILES string of the molecule is CCCc1ccc(C(=O)C(OC)C(C)C)cc1. The Hall–Kier alpha value is -1.15. The van der Waals surface area contributed by atoms with Crippen molar-refractivity contribution in [2.75, 3.05) is 7.11 Å². The van der Waals surface area contributed by atoms with Gasteiger partial charge < -0.3 is 4.74 Å². The number of Topliss-reactive ketones (excluding diaryl/α,β-unsaturated/α-hetero) is 1. The lowest BCUT2D eigenvalue weighted by atomic mass is 9.96. The van der Waals surface area contributed by atoms with E-state index in [1.54, 1.807) is 7.11 Å². The number of hydrogen-bond acceptors (Lipinski definition) is 2. The highest BCUT2D eigenvalue weighted by Crippen LogP contribution is 2.14. The lowest BCUT2D eigenvalue weighted by molar-refractivity contribution is 0.0458. The van der Waals surface area contributed by atoms with Crippen LogP contribution in [0.1, 0.15) is 43.1 Å². The van der Waals surface area contributed by atoms with Crippen LogP contribution in [0.3, 0.4) is 0 Å². The zero-order chi connectivity index (χ0) is 12.8. The van der Waals surface area contributed by atoms with Gasteiger partial charge in [0.2, 0.25) is 0 Å². The van der Waals surface area contributed by atoms with Crippen molar-refractivity contribution in [3.8, 4) is 0 Å². The number of benzene rings is 1. The first kappa shape index (κ1) is 13.9. The molecule has 0 amide bonds. The molecule has 0 bridgehead atoms. The molecule has 1 rings (SSSR count). The molecule has 1 atom stereocenters. The minimum absolute atomic E-state index is 0.0746. The average molecular weight is 234 g/mol. The fraction of sp³-hybridized carbons (Fsp3) is 0.533. The first-order valence-corrected chi connectivity index (χ1v) is 6.26. The maximum atomic E-state index is 12.2. The summed E-state index contributed by atoms with van der Waals surface area (Å²) in [5, 5.41) is 0. The molecule has 0 aliphatic carbocycles. The molecule has 1 unspecified atom stereocenters. The molecule has 1 aromatic carbocycles. The minimum atomic E-state index is -0.341. The summed E-state index contributed by atoms with van der Waals surface area (Å²) in [6.45, 7) is 6.15. The lowest BCUT2D eigenvalue weighted by Gasteiger charge is -2.17. The molecule has 0 aromatic heterocycles. The second-order valence-electron chi connectivity index (χ2n) is 4.71. The summed E-state index contributed by atoms with van der Waals surface area (Å²) in [6, 6.07) is 7.87. The Kier molecular flexibility index (Phi) is 5.36. The molecule has 0 aliphatic heterocycles. The standard InChI is InChI=1S/C15H22O2/c1-5-6-12-7-9-13(10-8-12)14(16)15(17-4)11(2)3/h7-11,15H,5-6H2,1-4H3. The Balaban J connectivity index is 2.81. The molecule has 0 fully saturated rings. The quantitative estimate of drug-likeness (QED) is 0.704. The number of aryl methyl sites for hydroxylation is 1. The van der Waals surface area contributed by atoms with Gasteiger partial charge in [-0.2, -0.15) is 0 Å². The van der Waals surface area contributed by atoms with Gasteiger partial charge in [-0.25, -0.2) is 0 Å². The third kappa shape index (κ3) is 3.67. The van der Waals surface area contributed by atoms with E-state index in [9.17, 15) is 4.79 Å². The van der Waals surface area contributed by atoms with E-state index in [2.05, 4.69) is 6.92 Å². The van der Waals surface area contributed by atoms with Crippen molar-refractivity contribution in [3.05, 3.63) is 35.4 Å². The van der Waals surface area contributed by atoms with Gasteiger partial charge in [-0.1, -0.05) is 51.5 Å². The summed E-state index contributed by atoms with van der Waals surface area (Å²) in [6.07, 6.45) is 1.85. The van der Waals surface area contributed by atoms with Crippen LogP contribution in [0.2, 0.25) is 0 Å². The number of ketones is 1. The molecule has 0 aliphatic rings. The van der Waals surface area contributed by atoms with Crippen molar-refractivity contribution in [2.24, 2.45) is 5.92 Å². The highest BCUT2D eigenvalue weighted by Gasteiger charge is 2.22. The molecule has 1 aromatic rings. The Morgan fingerprint density at radius 3 is 2.24 bits per heavy atom. The third-order valence-corrected chi connectivity index (χ3v) is 2.89. The van der Waals surface area contributed by atoms with E-state index < -0.39 is 0 Å². The van der Waals surface area contributed by atoms with Gasteiger partial charge in [-0.3, -0.25) is 4.79 Å². The predicted molar refractivity (Wildman–Crippen MR) is 70.4 cm³/mol. The van der Waals surface area contributed by atoms with Crippen LogP contribution in [0.5, 0.6) is 0 Å². The second kappa shape index (κ2) is 6.55. The van der Waals surface area contributed by atoms with E-state index in [0.717, 1.165) is 18.4 Å². The summed E-state index contributed by atoms with van der Waals surface area (Å²) in [7, 11) is 1.59. The monoisotopic (exact) mass is 234 g/mol. The number of carbonyl (C=O) groups is 1. The van der Waals surface area contributed by atoms with Crippen molar-refractivity contribution in [1.29, 1.82) is 0 Å². The first-order chi connectivity index (χ1) is 8.10. The van der Waals surface area contributed by atoms with Gasteiger partial charge in [0.25, 0.3) is 0 Å². The highest BCUT2D eigenvalue weighted by molar-refractivity contribution is 5.99. The normalized spacial score (nSPS) is 12.8. The van der Waals surface area contributed by atoms with Crippen LogP contribution >= 0.6 is 0 Å². The highest BCUT2D eigenvalue weighted by atomic mass is 16.5. The molecule has 2 heteroatoms. The molecule has 17 heavy (non-hydrogen) atoms. The Bertz CT molecular complexity index is 352. The summed E-state index contributed by atoms with van der Waals surface area (Å²) >= 11 is 0. The summed E-state index contributed by atoms with van der Waals surface area (Å²) in [5.41, 5.74) is 2.02. The van der Waals surface area contributed by atoms with Crippen molar-refractivity contribution >= 4 is 5.78 Å². The van der Waals surface area contributed by atoms with E-state index >= 15 is 0 Å². The molecule has 0 radical (unpaired) electrons. The molecule has 0 saturated heterocycles. The lowest BCUT2D eigenvalue weighted by Crippen LogP contribution is -2.28. The number of ether oxygens (including phenoxy) is 1. The topological polar surface area (TPSA) is 26.3 Å². The molecule has 2 nitrogen and oxygen atoms in total. The molecule has 0 saturated carbocycles. The van der Waals surface area contributed by atoms with Crippen molar-refractivity contribution in [3.63, 3.8) is 0 Å². The fourth-order valence-corrected chi connectivity index (χ4v) is 1.97. The van der Waals surface area contributed by atoms with Crippen molar-refractivity contribution in [1.82, 2.24) is 0 Å². The Morgan fingerprint density at radius 1 is 1.24 bits per heavy atom. The maximum Gasteiger partial charge on any atom is 0.191 e. The van der Waals surface area contributed by atoms with E-state index in [1.807, 2.05) is 38.1 Å². The van der Waals surface area contributed by atoms with Gasteiger partial charge in [0.1, 0.15) is 6.10 Å². The van der Waals surface area contributed by atoms with Crippen LogP contribution < -0.4 is 0 Å². The number of hydrogen-bond donors (Lipinski definition) is 0. The second-order valence-corrected chi connectivity index (χ2v) is 4.71. The Labute approximate surface area is 104 Å². The van der Waals surface area contributed by atoms with Gasteiger partial charge in [0, 0.05) is 12.7 Å². The molecule has 0 heterocycles. The summed E-state index contributed by atoms with van der Waals surface area (Å²) < 4.78 is 5.26. The van der Waals surface area contributed by atoms with Gasteiger partial charge in [0.05, 0.1) is 0 Å². The summed E-state index contributed by atoms with van der Waals surface area (Å²) in [4.78, 5) is 12.2. The molecular formula is C15H22O2. The van der Waals surface area contributed by atoms with Crippen LogP contribution in [-0.4, -0.2) is 19.0 Å². The number of carbonyl (C=O) groups excluding carboxylic acids is 1. The zero-order valence-electron chi connectivity index (χ0n) is 11.2. The summed E-state index contributed by atoms with van der Waals surface area (Å²) in [5.74, 6) is 0.272. The van der Waals surface area contributed by atoms with Gasteiger partial charge in [0.15, 0.2) is 5.78 Å². The van der Waals surface area contributed by atoms with Crippen LogP contribution in [0, 0.1) is 5.92 Å². The van der Waals surface area contributed by atoms with Gasteiger partial charge in [-0.05, 0) is 17.9 Å². The fourth-order valence-electron chi connectivity index (χ4n) is 1.97. The average Bonchev–Trinajstić information content (AvgIpc) is 2.30. The van der Waals surface area contributed by atoms with Crippen LogP contribution in [0.15, 0.2) is 24.3 Å². The maximum absolute atomic E-state index is 12.2. The first-order valence-electron chi connectivity index (χ1n) is 6.26. The van der Waals surface area contributed by atoms with Crippen LogP contribution in [0.4, 0.5) is 0 Å². The van der Waals surface area contributed by atoms with Gasteiger partial charge in [-0.15, -0.1) is 0 Å². The molecule has 0 N–H and O–H groups in total. The van der Waals surface area contributed by atoms with E-state index in [4.69, 9.17) is 4.74 Å². The van der Waals surface area contributed by atoms with E-state index in [1.165, 1.54) is 5.56 Å². The van der Waals surface area contributed by atoms with Crippen LogP contribution in [0.25, 0.3) is 0 Å². The predicted octanol–water partition coefficient (Wildman–Crippen LogP) is 3.49. The molecular weight excluding hydrogens is 212 g/mol. The Morgan fingerprint density at radius 2 is 1.82 bits per heavy atom. The zero-order valence-corrected chi connectivity index (χ0v) is 11.2. The van der Waals surface area contributed by atoms with E-state index in [-0.39, 0.29) is 17.8 Å². The van der Waals surface area contributed by atoms with Crippen molar-refractivity contribution < 1.29 is 9.53 Å². The number of methoxy groups -OCH3 is 1. The van der Waals surface area contributed by atoms with E-state index in [0.29, 0.717) is 0 Å². The van der Waals surface area contributed by atoms with Crippen LogP contribution in [-0.2, 0) is 11.2 Å². The van der Waals surface area contributed by atoms with Crippen molar-refractivity contribution in [2.45, 2.75) is 39.7 Å². The van der Waals surface area contributed by atoms with Gasteiger partial charge >= 0.3 is 0 Å². The molecule has 94 valence electrons. The smallest absolute Gasteiger partial charge is 0.191 e.